The third-order valence-corrected chi connectivity index (χ3v) is 11.0. The Morgan fingerprint density at radius 2 is 1.12 bits per heavy atom. The molecular formula is C32H26Cl2N16O12S3. The number of hydrogen-bond donors (Lipinski definition) is 10. The van der Waals surface area contributed by atoms with Gasteiger partial charge in [-0.1, -0.05) is 6.07 Å². The number of carbonyl (C=O) groups is 2. The summed E-state index contributed by atoms with van der Waals surface area (Å²) in [5, 5.41) is 33.4. The lowest BCUT2D eigenvalue weighted by molar-refractivity contribution is -0.117. The maximum absolute atomic E-state index is 12.6. The standard InChI is InChI=1S/C32H26Cl2N16O12S3/c33-28-41-23(10-21(35)51)42-31(44-28)39-13-2-5-18(63(54,55)56)16(8-13)48-47-15-4-1-12-7-20(65(60,61)62)26(25(37)24(12)27(15)53)50-49-17-9-14(3-6-19(17)64(57,58)59)40-32-45-29(34)43-30(46-32)38-11-22(36)52/h1-9,53H,10-11,37H2,(H2,35,51)(H2,36,52)(H,54,55,56)(H,57,58,59)(H,60,61,62)(H,39,41,42,44)(H2,38,40,43,45,46). The number of phenols is 1. The minimum atomic E-state index is -5.22. The third kappa shape index (κ3) is 11.6. The van der Waals surface area contributed by atoms with Crippen molar-refractivity contribution in [1.82, 2.24) is 29.9 Å². The molecule has 0 aliphatic carbocycles. The molecule has 28 nitrogen and oxygen atoms in total. The number of nitrogen functional groups attached to an aromatic ring is 1. The van der Waals surface area contributed by atoms with Crippen LogP contribution in [0.2, 0.25) is 10.6 Å². The number of phenolic OH excluding ortho intramolecular Hbond substituents is 1. The van der Waals surface area contributed by atoms with Crippen LogP contribution in [0.5, 0.6) is 5.75 Å². The van der Waals surface area contributed by atoms with Gasteiger partial charge in [0, 0.05) is 11.4 Å². The number of benzene rings is 4. The lowest BCUT2D eigenvalue weighted by atomic mass is 10.1. The second-order valence-electron chi connectivity index (χ2n) is 12.7. The van der Waals surface area contributed by atoms with Crippen LogP contribution in [-0.2, 0) is 46.4 Å². The van der Waals surface area contributed by atoms with Gasteiger partial charge in [0.25, 0.3) is 30.4 Å². The molecule has 65 heavy (non-hydrogen) atoms. The molecule has 2 amide bonds. The van der Waals surface area contributed by atoms with Crippen LogP contribution in [0.4, 0.5) is 57.7 Å². The van der Waals surface area contributed by atoms with E-state index >= 15 is 0 Å². The fourth-order valence-electron chi connectivity index (χ4n) is 5.43. The van der Waals surface area contributed by atoms with E-state index in [1.807, 2.05) is 0 Å². The van der Waals surface area contributed by atoms with Gasteiger partial charge in [-0.3, -0.25) is 23.2 Å². The fraction of sp³-hybridized carbons (Fsp3) is 0.0625. The highest BCUT2D eigenvalue weighted by atomic mass is 35.5. The second-order valence-corrected chi connectivity index (χ2v) is 17.5. The summed E-state index contributed by atoms with van der Waals surface area (Å²) in [7, 11) is -15.3. The van der Waals surface area contributed by atoms with Gasteiger partial charge in [-0.15, -0.1) is 20.5 Å². The zero-order chi connectivity index (χ0) is 47.6. The van der Waals surface area contributed by atoms with E-state index in [9.17, 15) is 53.6 Å². The van der Waals surface area contributed by atoms with Crippen LogP contribution in [0.25, 0.3) is 10.8 Å². The largest absolute Gasteiger partial charge is 0.505 e. The Labute approximate surface area is 373 Å². The Bertz CT molecular complexity index is 3370. The van der Waals surface area contributed by atoms with Crippen molar-refractivity contribution in [3.8, 4) is 5.75 Å². The maximum Gasteiger partial charge on any atom is 0.296 e. The summed E-state index contributed by atoms with van der Waals surface area (Å²) >= 11 is 11.9. The number of anilines is 6. The van der Waals surface area contributed by atoms with E-state index < -0.39 is 97.5 Å². The van der Waals surface area contributed by atoms with Crippen LogP contribution in [0.1, 0.15) is 5.82 Å². The minimum absolute atomic E-state index is 0.0356. The monoisotopic (exact) mass is 992 g/mol. The average molecular weight is 994 g/mol. The summed E-state index contributed by atoms with van der Waals surface area (Å²) in [5.74, 6) is -3.11. The first-order valence-electron chi connectivity index (χ1n) is 17.1. The molecule has 0 spiro atoms. The highest BCUT2D eigenvalue weighted by Gasteiger charge is 2.25. The van der Waals surface area contributed by atoms with Crippen molar-refractivity contribution in [2.45, 2.75) is 21.1 Å². The normalized spacial score (nSPS) is 12.2. The number of nitrogens with one attached hydrogen (secondary N) is 3. The Morgan fingerprint density at radius 3 is 1.66 bits per heavy atom. The van der Waals surface area contributed by atoms with Gasteiger partial charge in [-0.25, -0.2) is 4.98 Å². The minimum Gasteiger partial charge on any atom is -0.505 e. The van der Waals surface area contributed by atoms with Crippen molar-refractivity contribution in [2.75, 3.05) is 28.2 Å². The van der Waals surface area contributed by atoms with Crippen molar-refractivity contribution in [2.24, 2.45) is 31.9 Å². The van der Waals surface area contributed by atoms with Crippen LogP contribution in [-0.4, -0.2) is 92.3 Å². The first-order chi connectivity index (χ1) is 30.3. The zero-order valence-electron chi connectivity index (χ0n) is 31.9. The first-order valence-corrected chi connectivity index (χ1v) is 22.2. The molecular weight excluding hydrogens is 968 g/mol. The number of carbonyl (C=O) groups excluding carboxylic acids is 2. The van der Waals surface area contributed by atoms with Gasteiger partial charge in [-0.05, 0) is 77.1 Å². The molecule has 6 aromatic rings. The van der Waals surface area contributed by atoms with Gasteiger partial charge in [0.15, 0.2) is 5.75 Å². The molecule has 0 bridgehead atoms. The number of fused-ring (bicyclic) bond motifs is 1. The molecule has 13 N–H and O–H groups in total. The van der Waals surface area contributed by atoms with Crippen LogP contribution in [0.15, 0.2) is 89.7 Å². The average Bonchev–Trinajstić information content (AvgIpc) is 3.17. The smallest absolute Gasteiger partial charge is 0.296 e. The molecule has 0 aliphatic heterocycles. The Morgan fingerprint density at radius 1 is 0.615 bits per heavy atom. The molecule has 338 valence electrons. The van der Waals surface area contributed by atoms with Crippen LogP contribution >= 0.6 is 23.2 Å². The number of amides is 2. The van der Waals surface area contributed by atoms with Gasteiger partial charge in [-0.2, -0.15) is 50.2 Å². The van der Waals surface area contributed by atoms with E-state index in [0.717, 1.165) is 42.5 Å². The predicted molar refractivity (Wildman–Crippen MR) is 228 cm³/mol. The van der Waals surface area contributed by atoms with Crippen LogP contribution in [0, 0.1) is 0 Å². The Hall–Kier alpha value is -7.39. The van der Waals surface area contributed by atoms with Gasteiger partial charge in [0.2, 0.25) is 40.2 Å². The molecule has 0 saturated heterocycles. The second kappa shape index (κ2) is 18.4. The number of aromatic nitrogens is 6. The summed E-state index contributed by atoms with van der Waals surface area (Å²) < 4.78 is 104. The molecule has 0 radical (unpaired) electrons. The van der Waals surface area contributed by atoms with E-state index in [1.54, 1.807) is 0 Å². The van der Waals surface area contributed by atoms with E-state index in [4.69, 9.17) is 40.4 Å². The Kier molecular flexibility index (Phi) is 13.3. The number of aromatic hydroxyl groups is 1. The number of nitrogens with two attached hydrogens (primary N) is 3. The van der Waals surface area contributed by atoms with Gasteiger partial charge in [0.05, 0.1) is 24.0 Å². The fourth-order valence-corrected chi connectivity index (χ4v) is 7.64. The number of azo groups is 2. The maximum atomic E-state index is 12.6. The predicted octanol–water partition coefficient (Wildman–Crippen LogP) is 3.79. The lowest BCUT2D eigenvalue weighted by Crippen LogP contribution is -2.23. The van der Waals surface area contributed by atoms with Gasteiger partial charge < -0.3 is 38.3 Å². The summed E-state index contributed by atoms with van der Waals surface area (Å²) in [4.78, 5) is 43.2. The number of halogens is 2. The third-order valence-electron chi connectivity index (χ3n) is 8.04. The van der Waals surface area contributed by atoms with Crippen molar-refractivity contribution in [3.63, 3.8) is 0 Å². The van der Waals surface area contributed by atoms with Crippen molar-refractivity contribution in [3.05, 3.63) is 71.0 Å². The molecule has 6 rings (SSSR count). The SMILES string of the molecule is NC(=O)CNc1nc(Cl)nc(Nc2ccc(S(=O)(=O)O)c(N=Nc3c(S(=O)(=O)O)cc4ccc(N=Nc5cc(Nc6nc(Cl)nc(CC(N)=O)n6)ccc5S(=O)(=O)O)c(O)c4c3N)c2)n1. The molecule has 0 saturated carbocycles. The Balaban J connectivity index is 1.41. The van der Waals surface area contributed by atoms with Crippen LogP contribution < -0.4 is 33.2 Å². The van der Waals surface area contributed by atoms with Crippen molar-refractivity contribution in [1.29, 1.82) is 0 Å². The summed E-state index contributed by atoms with van der Waals surface area (Å²) in [5.41, 5.74) is 13.5. The molecule has 4 aromatic carbocycles. The van der Waals surface area contributed by atoms with E-state index in [2.05, 4.69) is 66.3 Å². The summed E-state index contributed by atoms with van der Waals surface area (Å²) in [6.45, 7) is -0.379. The molecule has 2 aromatic heterocycles. The number of rotatable bonds is 16. The number of nitrogens with zero attached hydrogens (tertiary/aromatic N) is 10. The van der Waals surface area contributed by atoms with E-state index in [1.165, 1.54) is 12.1 Å². The molecule has 0 aliphatic rings. The summed E-state index contributed by atoms with van der Waals surface area (Å²) in [6, 6.07) is 9.20. The molecule has 0 unspecified atom stereocenters. The van der Waals surface area contributed by atoms with Crippen molar-refractivity contribution >= 4 is 134 Å². The molecule has 2 heterocycles. The summed E-state index contributed by atoms with van der Waals surface area (Å²) in [6.07, 6.45) is -0.400. The molecule has 0 fully saturated rings. The quantitative estimate of drug-likeness (QED) is 0.0374. The first kappa shape index (κ1) is 47.1. The molecule has 33 heteroatoms. The van der Waals surface area contributed by atoms with Gasteiger partial charge in [0.1, 0.15) is 43.3 Å². The molecule has 0 atom stereocenters. The van der Waals surface area contributed by atoms with Gasteiger partial charge >= 0.3 is 0 Å². The number of hydrogen-bond acceptors (Lipinski definition) is 23. The topological polar surface area (TPSA) is 458 Å². The lowest BCUT2D eigenvalue weighted by Gasteiger charge is -2.12. The van der Waals surface area contributed by atoms with Crippen LogP contribution in [0.3, 0.4) is 0 Å². The van der Waals surface area contributed by atoms with E-state index in [-0.39, 0.29) is 62.9 Å². The zero-order valence-corrected chi connectivity index (χ0v) is 35.8. The highest BCUT2D eigenvalue weighted by Crippen LogP contribution is 2.46. The van der Waals surface area contributed by atoms with Crippen molar-refractivity contribution < 1.29 is 53.6 Å². The van der Waals surface area contributed by atoms with E-state index in [0.29, 0.717) is 0 Å². The number of primary amides is 2. The highest BCUT2D eigenvalue weighted by molar-refractivity contribution is 7.86.